The largest absolute Gasteiger partial charge is 0.480 e. The number of nitrogens with zero attached hydrogens (tertiary/aromatic N) is 2. The summed E-state index contributed by atoms with van der Waals surface area (Å²) in [6.07, 6.45) is 2.68. The molecule has 0 fully saturated rings. The maximum absolute atomic E-state index is 13.0. The van der Waals surface area contributed by atoms with E-state index in [1.807, 2.05) is 6.08 Å². The molecular weight excluding hydrogens is 328 g/mol. The number of carbonyl (C=O) groups is 2. The van der Waals surface area contributed by atoms with E-state index in [1.54, 1.807) is 18.2 Å². The van der Waals surface area contributed by atoms with Crippen LogP contribution in [0.1, 0.15) is 35.5 Å². The second kappa shape index (κ2) is 4.80. The van der Waals surface area contributed by atoms with Crippen molar-refractivity contribution in [3.63, 3.8) is 0 Å². The number of aromatic nitrogens is 1. The Morgan fingerprint density at radius 2 is 2.12 bits per heavy atom. The molecule has 0 saturated carbocycles. The van der Waals surface area contributed by atoms with E-state index < -0.39 is 5.97 Å². The van der Waals surface area contributed by atoms with Crippen LogP contribution in [0.4, 0.5) is 0 Å². The topological polar surface area (TPSA) is 70.5 Å². The number of carbonyl (C=O) groups excluding carboxylic acids is 1. The summed E-state index contributed by atoms with van der Waals surface area (Å²) >= 11 is 6.10. The van der Waals surface area contributed by atoms with Crippen molar-refractivity contribution >= 4 is 40.1 Å². The van der Waals surface area contributed by atoms with Gasteiger partial charge in [0.25, 0.3) is 5.91 Å². The van der Waals surface area contributed by atoms with Crippen molar-refractivity contribution < 1.29 is 14.7 Å². The molecule has 1 amide bonds. The summed E-state index contributed by atoms with van der Waals surface area (Å²) in [5.74, 6) is -1.34. The number of fused-ring (bicyclic) bond motifs is 2. The summed E-state index contributed by atoms with van der Waals surface area (Å²) in [5, 5.41) is 10.4. The Morgan fingerprint density at radius 1 is 1.38 bits per heavy atom. The average Bonchev–Trinajstić information content (AvgIpc) is 2.73. The predicted molar refractivity (Wildman–Crippen MR) is 90.9 cm³/mol. The number of carboxylic acids is 1. The van der Waals surface area contributed by atoms with Crippen LogP contribution < -0.4 is 0 Å². The standard InChI is InChI=1S/C18H15ClN2O3/c1-18(2)6-12-16-13(7-18)21(8-14(22)23)17(24)15(16)10-5-9(19)3-4-11(10)20-12/h3-5,7H,6,8H2,1-2H3,(H,22,23). The lowest BCUT2D eigenvalue weighted by atomic mass is 9.79. The first-order valence-electron chi connectivity index (χ1n) is 7.66. The number of hydrogen-bond donors (Lipinski definition) is 1. The molecule has 2 aliphatic rings. The number of halogens is 1. The molecule has 0 bridgehead atoms. The van der Waals surface area contributed by atoms with Gasteiger partial charge in [-0.2, -0.15) is 0 Å². The highest BCUT2D eigenvalue weighted by Gasteiger charge is 2.42. The van der Waals surface area contributed by atoms with Crippen molar-refractivity contribution in [1.29, 1.82) is 0 Å². The van der Waals surface area contributed by atoms with Crippen molar-refractivity contribution in [3.8, 4) is 0 Å². The first-order chi connectivity index (χ1) is 11.3. The second-order valence-corrected chi connectivity index (χ2v) is 7.39. The Labute approximate surface area is 143 Å². The zero-order valence-corrected chi connectivity index (χ0v) is 14.0. The molecule has 1 aliphatic carbocycles. The van der Waals surface area contributed by atoms with Crippen LogP contribution in [0.3, 0.4) is 0 Å². The van der Waals surface area contributed by atoms with Gasteiger partial charge in [-0.15, -0.1) is 0 Å². The van der Waals surface area contributed by atoms with E-state index in [4.69, 9.17) is 16.6 Å². The van der Waals surface area contributed by atoms with Gasteiger partial charge in [0.2, 0.25) is 0 Å². The third-order valence-electron chi connectivity index (χ3n) is 4.47. The van der Waals surface area contributed by atoms with Crippen LogP contribution in [-0.4, -0.2) is 33.4 Å². The molecule has 0 saturated heterocycles. The maximum Gasteiger partial charge on any atom is 0.323 e. The lowest BCUT2D eigenvalue weighted by Gasteiger charge is -2.29. The van der Waals surface area contributed by atoms with Crippen LogP contribution in [0.2, 0.25) is 5.02 Å². The summed E-state index contributed by atoms with van der Waals surface area (Å²) in [4.78, 5) is 30.3. The minimum Gasteiger partial charge on any atom is -0.480 e. The lowest BCUT2D eigenvalue weighted by molar-refractivity contribution is -0.137. The average molecular weight is 343 g/mol. The van der Waals surface area contributed by atoms with Crippen LogP contribution in [0, 0.1) is 5.41 Å². The molecule has 2 aromatic rings. The summed E-state index contributed by atoms with van der Waals surface area (Å²) in [6.45, 7) is 3.74. The quantitative estimate of drug-likeness (QED) is 0.908. The summed E-state index contributed by atoms with van der Waals surface area (Å²) in [5.41, 5.74) is 3.27. The van der Waals surface area contributed by atoms with Gasteiger partial charge in [0, 0.05) is 16.0 Å². The summed E-state index contributed by atoms with van der Waals surface area (Å²) < 4.78 is 0. The predicted octanol–water partition coefficient (Wildman–Crippen LogP) is 3.35. The van der Waals surface area contributed by atoms with E-state index >= 15 is 0 Å². The number of allylic oxidation sites excluding steroid dienone is 1. The molecule has 122 valence electrons. The Morgan fingerprint density at radius 3 is 2.83 bits per heavy atom. The molecule has 0 atom stereocenters. The third-order valence-corrected chi connectivity index (χ3v) is 4.71. The molecule has 24 heavy (non-hydrogen) atoms. The van der Waals surface area contributed by atoms with Gasteiger partial charge in [-0.05, 0) is 30.0 Å². The van der Waals surface area contributed by atoms with Crippen LogP contribution in [-0.2, 0) is 11.2 Å². The number of carboxylic acid groups (broad SMARTS) is 1. The van der Waals surface area contributed by atoms with E-state index in [0.717, 1.165) is 11.3 Å². The normalized spacial score (nSPS) is 17.9. The monoisotopic (exact) mass is 342 g/mol. The van der Waals surface area contributed by atoms with E-state index in [0.29, 0.717) is 33.6 Å². The van der Waals surface area contributed by atoms with Crippen LogP contribution >= 0.6 is 11.6 Å². The van der Waals surface area contributed by atoms with Gasteiger partial charge in [0.15, 0.2) is 0 Å². The molecule has 0 radical (unpaired) electrons. The van der Waals surface area contributed by atoms with Gasteiger partial charge in [0.1, 0.15) is 6.54 Å². The molecule has 1 aliphatic heterocycles. The first kappa shape index (κ1) is 15.1. The smallest absolute Gasteiger partial charge is 0.323 e. The van der Waals surface area contributed by atoms with E-state index in [-0.39, 0.29) is 17.9 Å². The van der Waals surface area contributed by atoms with Gasteiger partial charge >= 0.3 is 5.97 Å². The molecule has 1 aromatic heterocycles. The Bertz CT molecular complexity index is 962. The maximum atomic E-state index is 13.0. The number of benzene rings is 1. The number of aliphatic carboxylic acids is 1. The number of pyridine rings is 1. The number of rotatable bonds is 2. The molecule has 1 N–H and O–H groups in total. The van der Waals surface area contributed by atoms with Gasteiger partial charge in [-0.25, -0.2) is 0 Å². The van der Waals surface area contributed by atoms with Gasteiger partial charge in [0.05, 0.1) is 22.5 Å². The highest BCUT2D eigenvalue weighted by atomic mass is 35.5. The van der Waals surface area contributed by atoms with Gasteiger partial charge < -0.3 is 5.11 Å². The summed E-state index contributed by atoms with van der Waals surface area (Å²) in [7, 11) is 0. The number of hydrogen-bond acceptors (Lipinski definition) is 3. The SMILES string of the molecule is CC1(C)C=C2c3c(nc4ccc(Cl)cc4c3C(=O)N2CC(=O)O)C1. The first-order valence-corrected chi connectivity index (χ1v) is 8.04. The van der Waals surface area contributed by atoms with Crippen LogP contribution in [0.5, 0.6) is 0 Å². The molecule has 1 aromatic carbocycles. The molecule has 2 heterocycles. The third kappa shape index (κ3) is 2.12. The van der Waals surface area contributed by atoms with Crippen molar-refractivity contribution in [2.45, 2.75) is 20.3 Å². The lowest BCUT2D eigenvalue weighted by Crippen LogP contribution is -2.31. The van der Waals surface area contributed by atoms with Crippen molar-refractivity contribution in [2.75, 3.05) is 6.54 Å². The van der Waals surface area contributed by atoms with Gasteiger partial charge in [-0.1, -0.05) is 31.5 Å². The van der Waals surface area contributed by atoms with Crippen LogP contribution in [0.15, 0.2) is 24.3 Å². The van der Waals surface area contributed by atoms with E-state index in [1.165, 1.54) is 4.90 Å². The summed E-state index contributed by atoms with van der Waals surface area (Å²) in [6, 6.07) is 5.26. The Balaban J connectivity index is 2.07. The molecule has 4 rings (SSSR count). The zero-order chi connectivity index (χ0) is 17.2. The minimum atomic E-state index is -1.04. The van der Waals surface area contributed by atoms with Crippen molar-refractivity contribution in [1.82, 2.24) is 9.88 Å². The van der Waals surface area contributed by atoms with Crippen molar-refractivity contribution in [2.24, 2.45) is 5.41 Å². The zero-order valence-electron chi connectivity index (χ0n) is 13.3. The minimum absolute atomic E-state index is 0.200. The fourth-order valence-electron chi connectivity index (χ4n) is 3.59. The molecule has 0 unspecified atom stereocenters. The Kier molecular flexibility index (Phi) is 3.03. The Hall–Kier alpha value is -2.40. The highest BCUT2D eigenvalue weighted by Crippen LogP contribution is 2.45. The fraction of sp³-hybridized carbons (Fsp3) is 0.278. The molecular formula is C18H15ClN2O3. The van der Waals surface area contributed by atoms with Gasteiger partial charge in [-0.3, -0.25) is 19.5 Å². The fourth-order valence-corrected chi connectivity index (χ4v) is 3.76. The van der Waals surface area contributed by atoms with E-state index in [2.05, 4.69) is 13.8 Å². The second-order valence-electron chi connectivity index (χ2n) is 6.95. The van der Waals surface area contributed by atoms with E-state index in [9.17, 15) is 14.7 Å². The van der Waals surface area contributed by atoms with Crippen LogP contribution in [0.25, 0.3) is 16.6 Å². The van der Waals surface area contributed by atoms with Crippen molar-refractivity contribution in [3.05, 3.63) is 46.1 Å². The molecule has 5 nitrogen and oxygen atoms in total. The molecule has 6 heteroatoms. The molecule has 0 spiro atoms. The number of amides is 1. The highest BCUT2D eigenvalue weighted by molar-refractivity contribution is 6.31.